The normalized spacial score (nSPS) is 10.7. The van der Waals surface area contributed by atoms with Crippen molar-refractivity contribution in [2.75, 3.05) is 7.11 Å². The molecule has 2 N–H and O–H groups in total. The van der Waals surface area contributed by atoms with Crippen molar-refractivity contribution in [2.45, 2.75) is 20.3 Å². The van der Waals surface area contributed by atoms with Gasteiger partial charge in [-0.25, -0.2) is 4.79 Å². The van der Waals surface area contributed by atoms with Crippen molar-refractivity contribution in [3.05, 3.63) is 68.8 Å². The Morgan fingerprint density at radius 3 is 2.68 bits per heavy atom. The van der Waals surface area contributed by atoms with Crippen molar-refractivity contribution in [2.24, 2.45) is 0 Å². The second kappa shape index (κ2) is 8.10. The van der Waals surface area contributed by atoms with Gasteiger partial charge in [0.05, 0.1) is 18.4 Å². The van der Waals surface area contributed by atoms with Crippen molar-refractivity contribution in [1.82, 2.24) is 9.97 Å². The monoisotopic (exact) mass is 340 g/mol. The molecule has 6 heteroatoms. The van der Waals surface area contributed by atoms with Crippen molar-refractivity contribution in [3.8, 4) is 5.88 Å². The number of methoxy groups -OCH3 is 1. The van der Waals surface area contributed by atoms with Gasteiger partial charge in [0.2, 0.25) is 5.43 Å². The molecule has 2 aromatic heterocycles. The SMILES string of the molecule is COc1[nH]c(/C=C\c2cccnc2)c(C(=O)O)c(=O)c1CC=C(C)C. The molecule has 130 valence electrons. The number of allylic oxidation sites excluding steroid dienone is 2. The molecule has 2 aromatic rings. The highest BCUT2D eigenvalue weighted by atomic mass is 16.5. The molecule has 0 fully saturated rings. The van der Waals surface area contributed by atoms with E-state index in [1.807, 2.05) is 26.0 Å². The maximum absolute atomic E-state index is 12.7. The minimum Gasteiger partial charge on any atom is -0.482 e. The average molecular weight is 340 g/mol. The molecule has 0 bridgehead atoms. The quantitative estimate of drug-likeness (QED) is 0.788. The van der Waals surface area contributed by atoms with Crippen LogP contribution in [0, 0.1) is 0 Å². The molecule has 0 aliphatic heterocycles. The number of H-pyrrole nitrogens is 1. The summed E-state index contributed by atoms with van der Waals surface area (Å²) in [5.41, 5.74) is 1.43. The Labute approximate surface area is 145 Å². The number of hydrogen-bond donors (Lipinski definition) is 2. The standard InChI is InChI=1S/C19H20N2O4/c1-12(2)6-8-14-17(22)16(19(23)24)15(21-18(14)25-3)9-7-13-5-4-10-20-11-13/h4-7,9-11H,8H2,1-3H3,(H,21,22)(H,23,24)/b9-7-. The topological polar surface area (TPSA) is 92.3 Å². The molecular weight excluding hydrogens is 320 g/mol. The number of rotatable bonds is 6. The fourth-order valence-electron chi connectivity index (χ4n) is 2.29. The summed E-state index contributed by atoms with van der Waals surface area (Å²) in [6.45, 7) is 3.81. The van der Waals surface area contributed by atoms with Crippen LogP contribution in [-0.2, 0) is 6.42 Å². The summed E-state index contributed by atoms with van der Waals surface area (Å²) >= 11 is 0. The summed E-state index contributed by atoms with van der Waals surface area (Å²) in [5, 5.41) is 9.49. The third kappa shape index (κ3) is 4.44. The first-order valence-corrected chi connectivity index (χ1v) is 7.72. The third-order valence-electron chi connectivity index (χ3n) is 3.55. The molecule has 0 saturated heterocycles. The van der Waals surface area contributed by atoms with Gasteiger partial charge in [0.25, 0.3) is 0 Å². The van der Waals surface area contributed by atoms with Gasteiger partial charge in [-0.2, -0.15) is 0 Å². The van der Waals surface area contributed by atoms with Crippen LogP contribution >= 0.6 is 0 Å². The number of carbonyl (C=O) groups is 1. The lowest BCUT2D eigenvalue weighted by Gasteiger charge is -2.11. The number of carboxylic acids is 1. The van der Waals surface area contributed by atoms with E-state index in [0.717, 1.165) is 11.1 Å². The molecule has 0 atom stereocenters. The van der Waals surface area contributed by atoms with E-state index >= 15 is 0 Å². The minimum absolute atomic E-state index is 0.180. The molecule has 2 heterocycles. The van der Waals surface area contributed by atoms with E-state index in [2.05, 4.69) is 9.97 Å². The van der Waals surface area contributed by atoms with Gasteiger partial charge in [-0.05, 0) is 38.0 Å². The van der Waals surface area contributed by atoms with E-state index in [9.17, 15) is 14.7 Å². The highest BCUT2D eigenvalue weighted by Gasteiger charge is 2.20. The molecule has 2 rings (SSSR count). The van der Waals surface area contributed by atoms with Crippen LogP contribution in [0.25, 0.3) is 12.2 Å². The molecular formula is C19H20N2O4. The first kappa shape index (κ1) is 18.2. The first-order chi connectivity index (χ1) is 11.9. The zero-order valence-corrected chi connectivity index (χ0v) is 14.4. The second-order valence-electron chi connectivity index (χ2n) is 5.67. The number of aromatic amines is 1. The van der Waals surface area contributed by atoms with E-state index in [1.54, 1.807) is 24.5 Å². The molecule has 0 unspecified atom stereocenters. The fourth-order valence-corrected chi connectivity index (χ4v) is 2.29. The van der Waals surface area contributed by atoms with Crippen LogP contribution in [-0.4, -0.2) is 28.2 Å². The molecule has 0 aromatic carbocycles. The molecule has 0 spiro atoms. The van der Waals surface area contributed by atoms with Crippen LogP contribution in [0.5, 0.6) is 5.88 Å². The van der Waals surface area contributed by atoms with Crippen LogP contribution < -0.4 is 10.2 Å². The predicted molar refractivity (Wildman–Crippen MR) is 96.9 cm³/mol. The molecule has 0 saturated carbocycles. The second-order valence-corrected chi connectivity index (χ2v) is 5.67. The van der Waals surface area contributed by atoms with Crippen molar-refractivity contribution >= 4 is 18.1 Å². The van der Waals surface area contributed by atoms with E-state index < -0.39 is 11.4 Å². The Morgan fingerprint density at radius 1 is 1.36 bits per heavy atom. The Balaban J connectivity index is 2.58. The summed E-state index contributed by atoms with van der Waals surface area (Å²) in [7, 11) is 1.44. The van der Waals surface area contributed by atoms with Gasteiger partial charge < -0.3 is 14.8 Å². The lowest BCUT2D eigenvalue weighted by Crippen LogP contribution is -2.22. The number of carboxylic acid groups (broad SMARTS) is 1. The highest BCUT2D eigenvalue weighted by Crippen LogP contribution is 2.18. The molecule has 0 aliphatic carbocycles. The number of nitrogens with one attached hydrogen (secondary N) is 1. The van der Waals surface area contributed by atoms with Gasteiger partial charge in [0.15, 0.2) is 5.88 Å². The van der Waals surface area contributed by atoms with E-state index in [1.165, 1.54) is 13.2 Å². The van der Waals surface area contributed by atoms with E-state index in [-0.39, 0.29) is 17.1 Å². The first-order valence-electron chi connectivity index (χ1n) is 7.72. The van der Waals surface area contributed by atoms with Gasteiger partial charge in [-0.1, -0.05) is 23.8 Å². The molecule has 25 heavy (non-hydrogen) atoms. The number of ether oxygens (including phenoxy) is 1. The van der Waals surface area contributed by atoms with Crippen LogP contribution in [0.2, 0.25) is 0 Å². The van der Waals surface area contributed by atoms with Crippen molar-refractivity contribution < 1.29 is 14.6 Å². The Kier molecular flexibility index (Phi) is 5.89. The van der Waals surface area contributed by atoms with Gasteiger partial charge in [0.1, 0.15) is 5.56 Å². The van der Waals surface area contributed by atoms with E-state index in [0.29, 0.717) is 12.0 Å². The Bertz CT molecular complexity index is 876. The van der Waals surface area contributed by atoms with Crippen molar-refractivity contribution in [3.63, 3.8) is 0 Å². The average Bonchev–Trinajstić information content (AvgIpc) is 2.58. The third-order valence-corrected chi connectivity index (χ3v) is 3.55. The lowest BCUT2D eigenvalue weighted by atomic mass is 10.0. The maximum Gasteiger partial charge on any atom is 0.341 e. The summed E-state index contributed by atoms with van der Waals surface area (Å²) in [5.74, 6) is -1.02. The van der Waals surface area contributed by atoms with Gasteiger partial charge in [0, 0.05) is 12.4 Å². The number of aromatic carboxylic acids is 1. The number of aromatic nitrogens is 2. The molecule has 0 radical (unpaired) electrons. The summed E-state index contributed by atoms with van der Waals surface area (Å²) in [4.78, 5) is 31.2. The fraction of sp³-hybridized carbons (Fsp3) is 0.211. The maximum atomic E-state index is 12.7. The summed E-state index contributed by atoms with van der Waals surface area (Å²) in [6.07, 6.45) is 8.64. The van der Waals surface area contributed by atoms with Crippen LogP contribution in [0.3, 0.4) is 0 Å². The smallest absolute Gasteiger partial charge is 0.341 e. The summed E-state index contributed by atoms with van der Waals surface area (Å²) in [6, 6.07) is 3.59. The van der Waals surface area contributed by atoms with Crippen LogP contribution in [0.15, 0.2) is 41.0 Å². The highest BCUT2D eigenvalue weighted by molar-refractivity contribution is 5.93. The zero-order valence-electron chi connectivity index (χ0n) is 14.4. The van der Waals surface area contributed by atoms with Crippen molar-refractivity contribution in [1.29, 1.82) is 0 Å². The van der Waals surface area contributed by atoms with E-state index in [4.69, 9.17) is 4.74 Å². The predicted octanol–water partition coefficient (Wildman–Crippen LogP) is 3.16. The van der Waals surface area contributed by atoms with Gasteiger partial charge in [-0.15, -0.1) is 0 Å². The molecule has 0 amide bonds. The number of nitrogens with zero attached hydrogens (tertiary/aromatic N) is 1. The Morgan fingerprint density at radius 2 is 2.12 bits per heavy atom. The minimum atomic E-state index is -1.28. The Hall–Kier alpha value is -3.15. The van der Waals surface area contributed by atoms with Gasteiger partial charge >= 0.3 is 5.97 Å². The number of hydrogen-bond acceptors (Lipinski definition) is 4. The lowest BCUT2D eigenvalue weighted by molar-refractivity contribution is 0.0694. The summed E-state index contributed by atoms with van der Waals surface area (Å²) < 4.78 is 5.26. The van der Waals surface area contributed by atoms with Gasteiger partial charge in [-0.3, -0.25) is 9.78 Å². The number of pyridine rings is 2. The zero-order chi connectivity index (χ0) is 18.4. The molecule has 6 nitrogen and oxygen atoms in total. The molecule has 0 aliphatic rings. The largest absolute Gasteiger partial charge is 0.482 e. The van der Waals surface area contributed by atoms with Crippen LogP contribution in [0.4, 0.5) is 0 Å². The van der Waals surface area contributed by atoms with Crippen LogP contribution in [0.1, 0.15) is 41.0 Å².